The number of carbonyl (C=O) groups is 1. The monoisotopic (exact) mass is 236 g/mol. The number of aryl methyl sites for hydroxylation is 2. The van der Waals surface area contributed by atoms with Crippen molar-refractivity contribution in [3.63, 3.8) is 0 Å². The van der Waals surface area contributed by atoms with Gasteiger partial charge >= 0.3 is 0 Å². The van der Waals surface area contributed by atoms with Gasteiger partial charge in [-0.3, -0.25) is 4.79 Å². The zero-order valence-electron chi connectivity index (χ0n) is 10.4. The summed E-state index contributed by atoms with van der Waals surface area (Å²) in [6.07, 6.45) is 5.81. The molecule has 16 heavy (non-hydrogen) atoms. The Hall–Kier alpha value is -0.630. The number of thiophene rings is 1. The Labute approximate surface area is 102 Å². The van der Waals surface area contributed by atoms with E-state index in [1.807, 2.05) is 11.3 Å². The second-order valence-corrected chi connectivity index (χ2v) is 6.12. The van der Waals surface area contributed by atoms with E-state index in [0.717, 1.165) is 18.4 Å². The maximum Gasteiger partial charge on any atom is 0.167 e. The van der Waals surface area contributed by atoms with Crippen molar-refractivity contribution in [2.75, 3.05) is 0 Å². The molecule has 1 aliphatic carbocycles. The van der Waals surface area contributed by atoms with E-state index in [1.54, 1.807) is 0 Å². The molecule has 0 spiro atoms. The molecule has 1 unspecified atom stereocenters. The summed E-state index contributed by atoms with van der Waals surface area (Å²) in [7, 11) is 0. The molecule has 1 aliphatic rings. The second-order valence-electron chi connectivity index (χ2n) is 4.82. The summed E-state index contributed by atoms with van der Waals surface area (Å²) in [4.78, 5) is 15.1. The topological polar surface area (TPSA) is 17.1 Å². The van der Waals surface area contributed by atoms with Gasteiger partial charge in [-0.25, -0.2) is 0 Å². The van der Waals surface area contributed by atoms with Crippen LogP contribution >= 0.6 is 11.3 Å². The average molecular weight is 236 g/mol. The molecule has 1 nitrogen and oxygen atoms in total. The number of hydrogen-bond acceptors (Lipinski definition) is 2. The van der Waals surface area contributed by atoms with Crippen LogP contribution in [0.15, 0.2) is 0 Å². The fourth-order valence-electron chi connectivity index (χ4n) is 2.46. The number of rotatable bonds is 3. The van der Waals surface area contributed by atoms with Crippen LogP contribution in [0.5, 0.6) is 0 Å². The van der Waals surface area contributed by atoms with E-state index < -0.39 is 0 Å². The highest BCUT2D eigenvalue weighted by Gasteiger charge is 2.25. The molecule has 1 atom stereocenters. The Morgan fingerprint density at radius 1 is 1.38 bits per heavy atom. The lowest BCUT2D eigenvalue weighted by molar-refractivity contribution is 0.0926. The van der Waals surface area contributed by atoms with E-state index in [4.69, 9.17) is 0 Å². The minimum atomic E-state index is 0.180. The van der Waals surface area contributed by atoms with E-state index in [2.05, 4.69) is 20.8 Å². The predicted molar refractivity (Wildman–Crippen MR) is 69.5 cm³/mol. The third kappa shape index (κ3) is 1.95. The van der Waals surface area contributed by atoms with Gasteiger partial charge in [0.25, 0.3) is 0 Å². The maximum atomic E-state index is 12.3. The highest BCUT2D eigenvalue weighted by molar-refractivity contribution is 7.12. The first-order chi connectivity index (χ1) is 7.65. The van der Waals surface area contributed by atoms with Crippen LogP contribution in [0, 0.1) is 12.8 Å². The quantitative estimate of drug-likeness (QED) is 0.720. The largest absolute Gasteiger partial charge is 0.294 e. The normalized spacial score (nSPS) is 16.9. The van der Waals surface area contributed by atoms with Crippen LogP contribution in [0.2, 0.25) is 0 Å². The number of ketones is 1. The van der Waals surface area contributed by atoms with Crippen molar-refractivity contribution in [3.05, 3.63) is 20.9 Å². The van der Waals surface area contributed by atoms with Gasteiger partial charge in [-0.1, -0.05) is 13.8 Å². The van der Waals surface area contributed by atoms with Crippen molar-refractivity contribution in [1.82, 2.24) is 0 Å². The molecule has 1 heterocycles. The van der Waals surface area contributed by atoms with Crippen LogP contribution in [0.4, 0.5) is 0 Å². The zero-order chi connectivity index (χ0) is 11.7. The molecule has 2 heteroatoms. The average Bonchev–Trinajstić information content (AvgIpc) is 2.63. The Kier molecular flexibility index (Phi) is 3.48. The van der Waals surface area contributed by atoms with Crippen LogP contribution in [-0.4, -0.2) is 5.78 Å². The van der Waals surface area contributed by atoms with E-state index >= 15 is 0 Å². The molecular weight excluding hydrogens is 216 g/mol. The van der Waals surface area contributed by atoms with Crippen LogP contribution in [0.1, 0.15) is 58.8 Å². The van der Waals surface area contributed by atoms with Crippen LogP contribution in [0.3, 0.4) is 0 Å². The molecule has 0 radical (unpaired) electrons. The SMILES string of the molecule is CCC(C)C(=O)c1c(C)sc2c1CCCC2. The van der Waals surface area contributed by atoms with E-state index in [9.17, 15) is 4.79 Å². The Morgan fingerprint density at radius 2 is 2.06 bits per heavy atom. The smallest absolute Gasteiger partial charge is 0.167 e. The molecule has 88 valence electrons. The fraction of sp³-hybridized carbons (Fsp3) is 0.643. The minimum absolute atomic E-state index is 0.180. The Bertz CT molecular complexity index is 403. The predicted octanol–water partition coefficient (Wildman–Crippen LogP) is 4.16. The molecule has 0 aliphatic heterocycles. The Balaban J connectivity index is 2.40. The van der Waals surface area contributed by atoms with E-state index in [0.29, 0.717) is 5.78 Å². The van der Waals surface area contributed by atoms with Crippen LogP contribution in [0.25, 0.3) is 0 Å². The van der Waals surface area contributed by atoms with Gasteiger partial charge in [0.1, 0.15) is 0 Å². The first kappa shape index (κ1) is 11.8. The number of hydrogen-bond donors (Lipinski definition) is 0. The fourth-order valence-corrected chi connectivity index (χ4v) is 3.73. The molecule has 0 aromatic carbocycles. The lowest BCUT2D eigenvalue weighted by Gasteiger charge is -2.14. The Morgan fingerprint density at radius 3 is 2.75 bits per heavy atom. The van der Waals surface area contributed by atoms with Crippen molar-refractivity contribution in [2.45, 2.75) is 52.9 Å². The third-order valence-corrected chi connectivity index (χ3v) is 4.86. The molecular formula is C14H20OS. The van der Waals surface area contributed by atoms with Gasteiger partial charge < -0.3 is 0 Å². The highest BCUT2D eigenvalue weighted by atomic mass is 32.1. The lowest BCUT2D eigenvalue weighted by Crippen LogP contribution is -2.14. The van der Waals surface area contributed by atoms with Crippen molar-refractivity contribution >= 4 is 17.1 Å². The number of carbonyl (C=O) groups excluding carboxylic acids is 1. The summed E-state index contributed by atoms with van der Waals surface area (Å²) in [5, 5.41) is 0. The first-order valence-electron chi connectivity index (χ1n) is 6.30. The van der Waals surface area contributed by atoms with Crippen molar-refractivity contribution in [1.29, 1.82) is 0 Å². The maximum absolute atomic E-state index is 12.3. The standard InChI is InChI=1S/C14H20OS/c1-4-9(2)14(15)13-10(3)16-12-8-6-5-7-11(12)13/h9H,4-8H2,1-3H3. The van der Waals surface area contributed by atoms with Crippen molar-refractivity contribution in [2.24, 2.45) is 5.92 Å². The van der Waals surface area contributed by atoms with E-state index in [1.165, 1.54) is 34.6 Å². The summed E-state index contributed by atoms with van der Waals surface area (Å²) in [6, 6.07) is 0. The molecule has 0 bridgehead atoms. The summed E-state index contributed by atoms with van der Waals surface area (Å²) in [6.45, 7) is 6.25. The zero-order valence-corrected chi connectivity index (χ0v) is 11.2. The summed E-state index contributed by atoms with van der Waals surface area (Å²) < 4.78 is 0. The van der Waals surface area contributed by atoms with Crippen molar-refractivity contribution in [3.8, 4) is 0 Å². The highest BCUT2D eigenvalue weighted by Crippen LogP contribution is 2.35. The summed E-state index contributed by atoms with van der Waals surface area (Å²) in [5.74, 6) is 0.554. The van der Waals surface area contributed by atoms with Gasteiger partial charge in [-0.05, 0) is 44.6 Å². The number of fused-ring (bicyclic) bond motifs is 1. The third-order valence-electron chi connectivity index (χ3n) is 3.65. The van der Waals surface area contributed by atoms with Crippen molar-refractivity contribution < 1.29 is 4.79 Å². The summed E-state index contributed by atoms with van der Waals surface area (Å²) in [5.41, 5.74) is 2.47. The van der Waals surface area contributed by atoms with Gasteiger partial charge in [-0.2, -0.15) is 0 Å². The molecule has 0 fully saturated rings. The minimum Gasteiger partial charge on any atom is -0.294 e. The number of Topliss-reactive ketones (excluding diaryl/α,β-unsaturated/α-hetero) is 1. The lowest BCUT2D eigenvalue weighted by atomic mass is 9.89. The molecule has 0 saturated heterocycles. The van der Waals surface area contributed by atoms with Gasteiger partial charge in [0.15, 0.2) is 5.78 Å². The second kappa shape index (κ2) is 4.70. The molecule has 1 aromatic heterocycles. The summed E-state index contributed by atoms with van der Waals surface area (Å²) >= 11 is 1.85. The molecule has 0 N–H and O–H groups in total. The molecule has 0 amide bonds. The first-order valence-corrected chi connectivity index (χ1v) is 7.12. The molecule has 0 saturated carbocycles. The molecule has 1 aromatic rings. The van der Waals surface area contributed by atoms with Gasteiger partial charge in [0.05, 0.1) is 0 Å². The van der Waals surface area contributed by atoms with Gasteiger partial charge in [-0.15, -0.1) is 11.3 Å². The van der Waals surface area contributed by atoms with Gasteiger partial charge in [0, 0.05) is 21.2 Å². The van der Waals surface area contributed by atoms with E-state index in [-0.39, 0.29) is 5.92 Å². The van der Waals surface area contributed by atoms with Gasteiger partial charge in [0.2, 0.25) is 0 Å². The van der Waals surface area contributed by atoms with Crippen LogP contribution in [-0.2, 0) is 12.8 Å². The molecule has 2 rings (SSSR count). The van der Waals surface area contributed by atoms with Crippen LogP contribution < -0.4 is 0 Å².